The molecule has 0 spiro atoms. The summed E-state index contributed by atoms with van der Waals surface area (Å²) in [5.74, 6) is -0.950. The van der Waals surface area contributed by atoms with Crippen LogP contribution in [0, 0.1) is 3.57 Å². The highest BCUT2D eigenvalue weighted by molar-refractivity contribution is 14.1. The lowest BCUT2D eigenvalue weighted by molar-refractivity contribution is -0.131. The first-order valence-corrected chi connectivity index (χ1v) is 11.2. The number of unbranched alkanes of at least 4 members (excludes halogenated alkanes) is 1. The lowest BCUT2D eigenvalue weighted by atomic mass is 10.0. The van der Waals surface area contributed by atoms with Crippen LogP contribution >= 0.6 is 34.4 Å². The quantitative estimate of drug-likeness (QED) is 0.165. The Balaban J connectivity index is 2.07. The third-order valence-electron chi connectivity index (χ3n) is 4.02. The van der Waals surface area contributed by atoms with Crippen molar-refractivity contribution in [2.75, 3.05) is 11.6 Å². The van der Waals surface area contributed by atoms with Gasteiger partial charge in [0.25, 0.3) is 0 Å². The number of ether oxygens (including phenoxy) is 1. The molecule has 0 saturated heterocycles. The first-order chi connectivity index (χ1) is 13.9. The van der Waals surface area contributed by atoms with Crippen molar-refractivity contribution in [2.24, 2.45) is 0 Å². The van der Waals surface area contributed by atoms with Crippen LogP contribution in [0.15, 0.2) is 59.5 Å². The van der Waals surface area contributed by atoms with Gasteiger partial charge in [-0.05, 0) is 90.6 Å². The third-order valence-corrected chi connectivity index (χ3v) is 5.43. The zero-order chi connectivity index (χ0) is 21.2. The standard InChI is InChI=1S/C21H22INO5S/c1-29-16-10-8-15(9-11-16)23-21(27)28-19(5-3-2-4-6-20(25)26)17-13-14(22)7-12-18(17)24/h4,6-13,19,24H,2-3,5H2,1H3,(H,23,27)(H,25,26)/b6-4+/t19-/m0/s1. The molecule has 2 aromatic carbocycles. The number of hydrogen-bond acceptors (Lipinski definition) is 5. The van der Waals surface area contributed by atoms with Gasteiger partial charge in [-0.1, -0.05) is 6.08 Å². The number of hydrogen-bond donors (Lipinski definition) is 3. The minimum Gasteiger partial charge on any atom is -0.508 e. The largest absolute Gasteiger partial charge is 0.508 e. The molecule has 1 amide bonds. The van der Waals surface area contributed by atoms with Crippen molar-refractivity contribution in [1.29, 1.82) is 0 Å². The van der Waals surface area contributed by atoms with Crippen molar-refractivity contribution < 1.29 is 24.5 Å². The number of rotatable bonds is 9. The number of nitrogens with one attached hydrogen (secondary N) is 1. The van der Waals surface area contributed by atoms with Gasteiger partial charge >= 0.3 is 12.1 Å². The average Bonchev–Trinajstić information content (AvgIpc) is 2.69. The van der Waals surface area contributed by atoms with E-state index in [4.69, 9.17) is 9.84 Å². The van der Waals surface area contributed by atoms with E-state index >= 15 is 0 Å². The molecule has 0 saturated carbocycles. The Morgan fingerprint density at radius 2 is 1.97 bits per heavy atom. The fourth-order valence-corrected chi connectivity index (χ4v) is 3.54. The van der Waals surface area contributed by atoms with Crippen molar-refractivity contribution >= 4 is 52.1 Å². The minimum absolute atomic E-state index is 0.0496. The molecule has 29 heavy (non-hydrogen) atoms. The molecule has 0 heterocycles. The summed E-state index contributed by atoms with van der Waals surface area (Å²) < 4.78 is 6.51. The average molecular weight is 527 g/mol. The molecule has 3 N–H and O–H groups in total. The normalized spacial score (nSPS) is 11.9. The predicted octanol–water partition coefficient (Wildman–Crippen LogP) is 5.82. The van der Waals surface area contributed by atoms with Gasteiger partial charge in [0.1, 0.15) is 11.9 Å². The molecular weight excluding hydrogens is 505 g/mol. The number of phenolic OH excluding ortho intramolecular Hbond substituents is 1. The van der Waals surface area contributed by atoms with Crippen LogP contribution in [0.1, 0.15) is 30.9 Å². The number of carbonyl (C=O) groups excluding carboxylic acids is 1. The molecule has 2 aromatic rings. The molecule has 6 nitrogen and oxygen atoms in total. The number of aromatic hydroxyl groups is 1. The van der Waals surface area contributed by atoms with Crippen molar-refractivity contribution in [2.45, 2.75) is 30.3 Å². The second-order valence-electron chi connectivity index (χ2n) is 6.12. The van der Waals surface area contributed by atoms with E-state index in [0.29, 0.717) is 30.5 Å². The van der Waals surface area contributed by atoms with Crippen LogP contribution in [0.5, 0.6) is 5.75 Å². The maximum absolute atomic E-state index is 12.4. The van der Waals surface area contributed by atoms with Crippen LogP contribution in [0.25, 0.3) is 0 Å². The van der Waals surface area contributed by atoms with E-state index in [2.05, 4.69) is 27.9 Å². The number of carboxylic acid groups (broad SMARTS) is 1. The zero-order valence-electron chi connectivity index (χ0n) is 15.8. The van der Waals surface area contributed by atoms with Crippen LogP contribution in [-0.2, 0) is 9.53 Å². The SMILES string of the molecule is CSc1ccc(NC(=O)O[C@@H](CCC/C=C/C(=O)O)c2cc(I)ccc2O)cc1. The van der Waals surface area contributed by atoms with Crippen LogP contribution in [0.2, 0.25) is 0 Å². The van der Waals surface area contributed by atoms with E-state index in [1.54, 1.807) is 48.2 Å². The minimum atomic E-state index is -1.00. The van der Waals surface area contributed by atoms with Crippen molar-refractivity contribution in [3.05, 3.63) is 63.8 Å². The Hall–Kier alpha value is -2.20. The zero-order valence-corrected chi connectivity index (χ0v) is 18.8. The molecule has 0 aromatic heterocycles. The first-order valence-electron chi connectivity index (χ1n) is 8.88. The number of carbonyl (C=O) groups is 2. The highest BCUT2D eigenvalue weighted by atomic mass is 127. The number of thioether (sulfide) groups is 1. The number of aliphatic carboxylic acids is 1. The molecule has 2 rings (SSSR count). The summed E-state index contributed by atoms with van der Waals surface area (Å²) in [5.41, 5.74) is 1.13. The topological polar surface area (TPSA) is 95.9 Å². The first kappa shape index (κ1) is 23.1. The second-order valence-corrected chi connectivity index (χ2v) is 8.25. The third kappa shape index (κ3) is 7.98. The van der Waals surface area contributed by atoms with E-state index in [0.717, 1.165) is 14.5 Å². The fraction of sp³-hybridized carbons (Fsp3) is 0.238. The summed E-state index contributed by atoms with van der Waals surface area (Å²) in [6.07, 6.45) is 4.89. The van der Waals surface area contributed by atoms with Gasteiger partial charge in [-0.15, -0.1) is 11.8 Å². The van der Waals surface area contributed by atoms with E-state index in [-0.39, 0.29) is 5.75 Å². The predicted molar refractivity (Wildman–Crippen MR) is 123 cm³/mol. The van der Waals surface area contributed by atoms with Crippen molar-refractivity contribution in [3.63, 3.8) is 0 Å². The van der Waals surface area contributed by atoms with Crippen LogP contribution in [0.3, 0.4) is 0 Å². The van der Waals surface area contributed by atoms with Crippen molar-refractivity contribution in [1.82, 2.24) is 0 Å². The van der Waals surface area contributed by atoms with Gasteiger partial charge in [0.05, 0.1) is 0 Å². The lowest BCUT2D eigenvalue weighted by Crippen LogP contribution is -2.18. The summed E-state index contributed by atoms with van der Waals surface area (Å²) in [6.45, 7) is 0. The number of anilines is 1. The van der Waals surface area contributed by atoms with Crippen LogP contribution < -0.4 is 5.32 Å². The molecule has 154 valence electrons. The molecule has 0 fully saturated rings. The van der Waals surface area contributed by atoms with Gasteiger partial charge in [-0.3, -0.25) is 5.32 Å². The number of allylic oxidation sites excluding steroid dienone is 1. The van der Waals surface area contributed by atoms with Gasteiger partial charge in [-0.25, -0.2) is 9.59 Å². The van der Waals surface area contributed by atoms with E-state index in [1.165, 1.54) is 0 Å². The Bertz CT molecular complexity index is 870. The summed E-state index contributed by atoms with van der Waals surface area (Å²) in [5, 5.41) is 21.6. The van der Waals surface area contributed by atoms with E-state index < -0.39 is 18.2 Å². The fourth-order valence-electron chi connectivity index (χ4n) is 2.62. The molecule has 8 heteroatoms. The highest BCUT2D eigenvalue weighted by Gasteiger charge is 2.20. The van der Waals surface area contributed by atoms with E-state index in [1.807, 2.05) is 18.4 Å². The molecule has 1 atom stereocenters. The number of benzene rings is 2. The lowest BCUT2D eigenvalue weighted by Gasteiger charge is -2.20. The molecule has 0 aliphatic carbocycles. The summed E-state index contributed by atoms with van der Waals surface area (Å²) >= 11 is 3.73. The van der Waals surface area contributed by atoms with Crippen LogP contribution in [-0.4, -0.2) is 28.5 Å². The summed E-state index contributed by atoms with van der Waals surface area (Å²) in [4.78, 5) is 24.1. The number of phenols is 1. The monoisotopic (exact) mass is 527 g/mol. The van der Waals surface area contributed by atoms with Gasteiger partial charge in [0.15, 0.2) is 0 Å². The Morgan fingerprint density at radius 1 is 1.24 bits per heavy atom. The summed E-state index contributed by atoms with van der Waals surface area (Å²) in [7, 11) is 0. The Morgan fingerprint density at radius 3 is 2.62 bits per heavy atom. The number of halogens is 1. The number of carboxylic acids is 1. The second kappa shape index (κ2) is 11.7. The molecule has 0 aliphatic heterocycles. The van der Waals surface area contributed by atoms with Gasteiger partial charge in [0.2, 0.25) is 0 Å². The van der Waals surface area contributed by atoms with Gasteiger partial charge in [0, 0.05) is 25.8 Å². The maximum Gasteiger partial charge on any atom is 0.412 e. The molecule has 0 aliphatic rings. The summed E-state index contributed by atoms with van der Waals surface area (Å²) in [6, 6.07) is 12.5. The van der Waals surface area contributed by atoms with Gasteiger partial charge < -0.3 is 14.9 Å². The number of amides is 1. The Labute approximate surface area is 187 Å². The molecule has 0 unspecified atom stereocenters. The van der Waals surface area contributed by atoms with Crippen LogP contribution in [0.4, 0.5) is 10.5 Å². The Kier molecular flexibility index (Phi) is 9.33. The maximum atomic E-state index is 12.4. The smallest absolute Gasteiger partial charge is 0.412 e. The molecule has 0 bridgehead atoms. The highest BCUT2D eigenvalue weighted by Crippen LogP contribution is 2.32. The van der Waals surface area contributed by atoms with Crippen molar-refractivity contribution in [3.8, 4) is 5.75 Å². The van der Waals surface area contributed by atoms with Gasteiger partial charge in [-0.2, -0.15) is 0 Å². The van der Waals surface area contributed by atoms with E-state index in [9.17, 15) is 14.7 Å². The molecular formula is C21H22INO5S. The molecule has 0 radical (unpaired) electrons.